The third-order valence-corrected chi connectivity index (χ3v) is 3.87. The van der Waals surface area contributed by atoms with Crippen LogP contribution in [0.15, 0.2) is 45.5 Å². The highest BCUT2D eigenvalue weighted by atomic mass is 79.9. The van der Waals surface area contributed by atoms with E-state index in [2.05, 4.69) is 31.2 Å². The highest BCUT2D eigenvalue weighted by Gasteiger charge is 2.23. The Morgan fingerprint density at radius 1 is 1.29 bits per heavy atom. The van der Waals surface area contributed by atoms with E-state index in [9.17, 15) is 0 Å². The highest BCUT2D eigenvalue weighted by Crippen LogP contribution is 2.33. The van der Waals surface area contributed by atoms with Crippen LogP contribution in [0.5, 0.6) is 5.88 Å². The molecule has 0 fully saturated rings. The molecule has 2 aromatic heterocycles. The average Bonchev–Trinajstić information content (AvgIpc) is 2.94. The number of nitrogens with zero attached hydrogens (tertiary/aromatic N) is 2. The SMILES string of the molecule is CNC(c1cc2cccc(Br)c2o1)c1nccnc1OC. The smallest absolute Gasteiger partial charge is 0.237 e. The number of aromatic nitrogens is 2. The number of ether oxygens (including phenoxy) is 1. The molecule has 0 aliphatic rings. The van der Waals surface area contributed by atoms with Gasteiger partial charge in [0.2, 0.25) is 5.88 Å². The number of furan rings is 1. The molecule has 0 radical (unpaired) electrons. The second-order valence-corrected chi connectivity index (χ2v) is 5.33. The van der Waals surface area contributed by atoms with Crippen molar-refractivity contribution < 1.29 is 9.15 Å². The topological polar surface area (TPSA) is 60.2 Å². The first-order valence-electron chi connectivity index (χ1n) is 6.44. The minimum Gasteiger partial charge on any atom is -0.480 e. The van der Waals surface area contributed by atoms with E-state index >= 15 is 0 Å². The molecule has 21 heavy (non-hydrogen) atoms. The van der Waals surface area contributed by atoms with E-state index in [0.717, 1.165) is 21.2 Å². The van der Waals surface area contributed by atoms with Crippen molar-refractivity contribution in [3.63, 3.8) is 0 Å². The zero-order valence-corrected chi connectivity index (χ0v) is 13.2. The molecule has 5 nitrogen and oxygen atoms in total. The fourth-order valence-electron chi connectivity index (χ4n) is 2.29. The van der Waals surface area contributed by atoms with Crippen LogP contribution in [0.4, 0.5) is 0 Å². The highest BCUT2D eigenvalue weighted by molar-refractivity contribution is 9.10. The molecule has 1 atom stereocenters. The summed E-state index contributed by atoms with van der Waals surface area (Å²) in [7, 11) is 3.43. The van der Waals surface area contributed by atoms with E-state index in [0.29, 0.717) is 11.6 Å². The lowest BCUT2D eigenvalue weighted by Gasteiger charge is -2.14. The second-order valence-electron chi connectivity index (χ2n) is 4.48. The summed E-state index contributed by atoms with van der Waals surface area (Å²) < 4.78 is 12.2. The van der Waals surface area contributed by atoms with Crippen LogP contribution in [-0.4, -0.2) is 24.1 Å². The lowest BCUT2D eigenvalue weighted by molar-refractivity contribution is 0.378. The Bertz CT molecular complexity index is 772. The number of para-hydroxylation sites is 1. The molecule has 2 heterocycles. The molecule has 0 aliphatic carbocycles. The molecule has 0 amide bonds. The van der Waals surface area contributed by atoms with Gasteiger partial charge < -0.3 is 14.5 Å². The maximum atomic E-state index is 5.97. The lowest BCUT2D eigenvalue weighted by atomic mass is 10.1. The summed E-state index contributed by atoms with van der Waals surface area (Å²) in [5.74, 6) is 1.24. The van der Waals surface area contributed by atoms with Gasteiger partial charge in [-0.2, -0.15) is 0 Å². The van der Waals surface area contributed by atoms with Gasteiger partial charge in [0.05, 0.1) is 11.6 Å². The van der Waals surface area contributed by atoms with Crippen LogP contribution in [0.3, 0.4) is 0 Å². The van der Waals surface area contributed by atoms with E-state index in [4.69, 9.17) is 9.15 Å². The third-order valence-electron chi connectivity index (χ3n) is 3.25. The van der Waals surface area contributed by atoms with Crippen LogP contribution < -0.4 is 10.1 Å². The first-order valence-corrected chi connectivity index (χ1v) is 7.24. The molecule has 6 heteroatoms. The van der Waals surface area contributed by atoms with E-state index in [-0.39, 0.29) is 6.04 Å². The van der Waals surface area contributed by atoms with Crippen LogP contribution in [0.1, 0.15) is 17.5 Å². The molecule has 108 valence electrons. The van der Waals surface area contributed by atoms with E-state index in [1.165, 1.54) is 0 Å². The Balaban J connectivity index is 2.12. The van der Waals surface area contributed by atoms with Gasteiger partial charge in [0.1, 0.15) is 23.1 Å². The van der Waals surface area contributed by atoms with Gasteiger partial charge >= 0.3 is 0 Å². The summed E-state index contributed by atoms with van der Waals surface area (Å²) in [5.41, 5.74) is 1.51. The monoisotopic (exact) mass is 347 g/mol. The van der Waals surface area contributed by atoms with Crippen LogP contribution in [0, 0.1) is 0 Å². The number of methoxy groups -OCH3 is 1. The zero-order valence-electron chi connectivity index (χ0n) is 11.6. The maximum absolute atomic E-state index is 5.97. The van der Waals surface area contributed by atoms with E-state index < -0.39 is 0 Å². The van der Waals surface area contributed by atoms with E-state index in [1.54, 1.807) is 19.5 Å². The molecule has 0 saturated heterocycles. The molecule has 0 aliphatic heterocycles. The van der Waals surface area contributed by atoms with Crippen LogP contribution >= 0.6 is 15.9 Å². The molecular weight excluding hydrogens is 334 g/mol. The number of benzene rings is 1. The van der Waals surface area contributed by atoms with Gasteiger partial charge in [-0.25, -0.2) is 4.98 Å². The molecular formula is C15H14BrN3O2. The van der Waals surface area contributed by atoms with Crippen molar-refractivity contribution in [2.24, 2.45) is 0 Å². The number of halogens is 1. The van der Waals surface area contributed by atoms with Gasteiger partial charge in [-0.1, -0.05) is 12.1 Å². The molecule has 1 unspecified atom stereocenters. The Morgan fingerprint density at radius 3 is 2.81 bits per heavy atom. The Hall–Kier alpha value is -1.92. The molecule has 3 rings (SSSR count). The number of hydrogen-bond acceptors (Lipinski definition) is 5. The number of hydrogen-bond donors (Lipinski definition) is 1. The summed E-state index contributed by atoms with van der Waals surface area (Å²) in [6.07, 6.45) is 3.24. The molecule has 0 bridgehead atoms. The van der Waals surface area contributed by atoms with E-state index in [1.807, 2.05) is 31.3 Å². The maximum Gasteiger partial charge on any atom is 0.237 e. The quantitative estimate of drug-likeness (QED) is 0.784. The van der Waals surface area contributed by atoms with Crippen molar-refractivity contribution in [1.29, 1.82) is 0 Å². The molecule has 3 aromatic rings. The van der Waals surface area contributed by atoms with Crippen molar-refractivity contribution >= 4 is 26.9 Å². The van der Waals surface area contributed by atoms with Gasteiger partial charge in [-0.15, -0.1) is 0 Å². The van der Waals surface area contributed by atoms with Crippen LogP contribution in [0.25, 0.3) is 11.0 Å². The normalized spacial score (nSPS) is 12.5. The predicted octanol–water partition coefficient (Wildman–Crippen LogP) is 3.30. The number of rotatable bonds is 4. The molecule has 1 aromatic carbocycles. The Labute approximate surface area is 130 Å². The Kier molecular flexibility index (Phi) is 3.90. The summed E-state index contributed by atoms with van der Waals surface area (Å²) in [6.45, 7) is 0. The zero-order chi connectivity index (χ0) is 14.8. The van der Waals surface area contributed by atoms with Crippen molar-refractivity contribution in [2.75, 3.05) is 14.2 Å². The first-order chi connectivity index (χ1) is 10.2. The lowest BCUT2D eigenvalue weighted by Crippen LogP contribution is -2.19. The number of nitrogens with one attached hydrogen (secondary N) is 1. The van der Waals surface area contributed by atoms with Crippen molar-refractivity contribution in [1.82, 2.24) is 15.3 Å². The van der Waals surface area contributed by atoms with Crippen molar-refractivity contribution in [3.8, 4) is 5.88 Å². The third kappa shape index (κ3) is 2.52. The van der Waals surface area contributed by atoms with Gasteiger partial charge in [0.25, 0.3) is 0 Å². The molecule has 1 N–H and O–H groups in total. The minimum absolute atomic E-state index is 0.229. The first kappa shape index (κ1) is 14.0. The van der Waals surface area contributed by atoms with Crippen molar-refractivity contribution in [2.45, 2.75) is 6.04 Å². The van der Waals surface area contributed by atoms with Crippen molar-refractivity contribution in [3.05, 3.63) is 52.6 Å². The fourth-order valence-corrected chi connectivity index (χ4v) is 2.76. The largest absolute Gasteiger partial charge is 0.480 e. The van der Waals surface area contributed by atoms with Gasteiger partial charge in [0.15, 0.2) is 0 Å². The van der Waals surface area contributed by atoms with Gasteiger partial charge in [0, 0.05) is 17.8 Å². The van der Waals surface area contributed by atoms with Gasteiger partial charge in [-0.05, 0) is 35.1 Å². The minimum atomic E-state index is -0.229. The summed E-state index contributed by atoms with van der Waals surface area (Å²) in [6, 6.07) is 7.70. The summed E-state index contributed by atoms with van der Waals surface area (Å²) in [5, 5.41) is 4.23. The summed E-state index contributed by atoms with van der Waals surface area (Å²) >= 11 is 3.50. The molecule has 0 saturated carbocycles. The predicted molar refractivity (Wildman–Crippen MR) is 83.4 cm³/mol. The Morgan fingerprint density at radius 2 is 2.10 bits per heavy atom. The van der Waals surface area contributed by atoms with Crippen LogP contribution in [0.2, 0.25) is 0 Å². The summed E-state index contributed by atoms with van der Waals surface area (Å²) in [4.78, 5) is 8.56. The fraction of sp³-hybridized carbons (Fsp3) is 0.200. The standard InChI is InChI=1S/C15H14BrN3O2/c1-17-12(13-15(20-2)19-7-6-18-13)11-8-9-4-3-5-10(16)14(9)21-11/h3-8,12,17H,1-2H3. The molecule has 0 spiro atoms. The number of fused-ring (bicyclic) bond motifs is 1. The van der Waals surface area contributed by atoms with Gasteiger partial charge in [-0.3, -0.25) is 4.98 Å². The average molecular weight is 348 g/mol. The van der Waals surface area contributed by atoms with Crippen LogP contribution in [-0.2, 0) is 0 Å². The second kappa shape index (κ2) is 5.83.